The number of oxime groups is 1. The van der Waals surface area contributed by atoms with Gasteiger partial charge in [-0.3, -0.25) is 4.79 Å². The van der Waals surface area contributed by atoms with Gasteiger partial charge in [0.15, 0.2) is 26.8 Å². The molecule has 6 N–H and O–H groups in total. The smallest absolute Gasteiger partial charge is 0.389 e. The minimum absolute atomic E-state index is 0.0123. The molecule has 1 unspecified atom stereocenters. The molecule has 1 amide bonds. The molecule has 20 nitrogen and oxygen atoms in total. The predicted octanol–water partition coefficient (Wildman–Crippen LogP) is 5.54. The minimum atomic E-state index is -3.47. The molecule has 3 aliphatic rings. The second-order valence-corrected chi connectivity index (χ2v) is 25.1. The molecule has 5 rings (SSSR count). The summed E-state index contributed by atoms with van der Waals surface area (Å²) >= 11 is 0. The molecule has 0 saturated carbocycles. The first kappa shape index (κ1) is 66.0. The Labute approximate surface area is 467 Å². The van der Waals surface area contributed by atoms with E-state index < -0.39 is 130 Å². The number of aromatic nitrogens is 1. The average molecular weight is 1140 g/mol. The number of nitrogens with zero attached hydrogens (tertiary/aromatic N) is 3. The van der Waals surface area contributed by atoms with Crippen molar-refractivity contribution in [1.82, 2.24) is 15.2 Å². The molecular formula is C57H92FN4O16S+. The van der Waals surface area contributed by atoms with Crippen LogP contribution in [0, 0.1) is 29.6 Å². The van der Waals surface area contributed by atoms with Crippen molar-refractivity contribution in [1.29, 1.82) is 0 Å². The lowest BCUT2D eigenvalue weighted by Gasteiger charge is -2.51. The number of aliphatic hydroxyl groups excluding tert-OH is 3. The molecule has 0 radical (unpaired) electrons. The molecule has 1 aromatic heterocycles. The Kier molecular flexibility index (Phi) is 23.4. The highest BCUT2D eigenvalue weighted by Gasteiger charge is 2.57. The monoisotopic (exact) mass is 1140 g/mol. The van der Waals surface area contributed by atoms with Crippen LogP contribution in [0.25, 0.3) is 11.1 Å². The molecular weight excluding hydrogens is 1050 g/mol. The largest absolute Gasteiger partial charge is 0.486 e. The number of cyclic esters (lactones) is 1. The molecule has 4 heterocycles. The Bertz CT molecular complexity index is 2420. The highest BCUT2D eigenvalue weighted by molar-refractivity contribution is 7.90. The summed E-state index contributed by atoms with van der Waals surface area (Å²) < 4.78 is 83.0. The molecule has 3 aliphatic heterocycles. The van der Waals surface area contributed by atoms with Gasteiger partial charge in [-0.1, -0.05) is 57.1 Å². The molecule has 22 heteroatoms. The maximum atomic E-state index is 14.6. The van der Waals surface area contributed by atoms with Crippen molar-refractivity contribution < 1.29 is 80.8 Å². The predicted molar refractivity (Wildman–Crippen MR) is 295 cm³/mol. The van der Waals surface area contributed by atoms with Gasteiger partial charge < -0.3 is 73.4 Å². The first-order valence-electron chi connectivity index (χ1n) is 27.6. The summed E-state index contributed by atoms with van der Waals surface area (Å²) in [5.41, 5.74) is -2.01. The summed E-state index contributed by atoms with van der Waals surface area (Å²) in [6.45, 7) is 17.3. The van der Waals surface area contributed by atoms with Gasteiger partial charge in [0.25, 0.3) is 0 Å². The summed E-state index contributed by atoms with van der Waals surface area (Å²) in [6, 6.07) is 8.29. The number of aliphatic hydroxyl groups is 4. The van der Waals surface area contributed by atoms with Gasteiger partial charge in [0.1, 0.15) is 24.8 Å². The van der Waals surface area contributed by atoms with Gasteiger partial charge in [0, 0.05) is 95.4 Å². The van der Waals surface area contributed by atoms with Gasteiger partial charge in [0.2, 0.25) is 18.8 Å². The number of benzene rings is 1. The van der Waals surface area contributed by atoms with Crippen molar-refractivity contribution in [2.24, 2.45) is 34.7 Å². The number of carbonyl (C=O) groups excluding carboxylic acids is 2. The van der Waals surface area contributed by atoms with Crippen LogP contribution in [0.15, 0.2) is 52.8 Å². The van der Waals surface area contributed by atoms with Gasteiger partial charge in [-0.2, -0.15) is 0 Å². The Balaban J connectivity index is 1.43. The number of ether oxygens (including phenoxy) is 7. The molecule has 19 atom stereocenters. The number of methoxy groups -OCH3 is 3. The van der Waals surface area contributed by atoms with Crippen molar-refractivity contribution in [3.05, 3.63) is 48.2 Å². The molecule has 0 bridgehead atoms. The van der Waals surface area contributed by atoms with Crippen molar-refractivity contribution in [3.63, 3.8) is 0 Å². The second-order valence-electron chi connectivity index (χ2n) is 23.1. The zero-order valence-corrected chi connectivity index (χ0v) is 49.8. The standard InChI is InChI=1S/C57H91FN4O16S/c1-16-44-57(10,68)51(65)36(6)49(61-74-31-71-12)32(2)27-56(9,73-14)53(34(4)48(35(5)54(67)77-44)43-28-55(8,72-13)52(66)37(7)76-43)78-47-26-41(25-33(3)75-47)62(11)24-23-45(63)60-42(29-58)50(64)39-19-17-38(18-20-39)40-21-22-46(59-30-40)79(15,69)70/h17-22,30,32-37,41-44,47-48,50-53,64-66,68H,16,23-29,31H2,1-15H3,(H,60,63)/p+1/b61-49-/t32-,33-,34+,35-,36+,37+,41+,42-,43?,44-,47+,48+,50-,51-,52+,53-,55-,56-,57-/m1/s1. The Hall–Kier alpha value is -3.78. The Morgan fingerprint density at radius 1 is 0.949 bits per heavy atom. The van der Waals surface area contributed by atoms with Crippen LogP contribution in [0.5, 0.6) is 0 Å². The zero-order chi connectivity index (χ0) is 58.9. The lowest BCUT2D eigenvalue weighted by Crippen LogP contribution is -2.61. The van der Waals surface area contributed by atoms with Crippen LogP contribution in [0.2, 0.25) is 0 Å². The Morgan fingerprint density at radius 2 is 1.59 bits per heavy atom. The van der Waals surface area contributed by atoms with Crippen molar-refractivity contribution >= 4 is 27.4 Å². The maximum Gasteiger partial charge on any atom is 0.486 e. The van der Waals surface area contributed by atoms with Crippen molar-refractivity contribution in [2.75, 3.05) is 54.6 Å². The van der Waals surface area contributed by atoms with E-state index in [4.69, 9.17) is 38.0 Å². The SMILES string of the molecule is CC[C@H]1OC(=[OH+])[C@H](C)[C@@H](C2C[C@@](C)(OC)[C@@H](O)[C@H](C)O2)[C@H](C)[C@@H](O[C@H]2C[C@@H](N(C)CCC(=O)N[C@H](CF)[C@H](O)c3ccc(-c4ccc(S(C)(=O)=O)nc4)cc3)C[C@@H](C)O2)[C@](C)(OC)C[C@@H](C)/C(=N/OCOC)[C@H](C)[C@@H](O)[C@]1(C)O. The first-order valence-corrected chi connectivity index (χ1v) is 29.5. The molecule has 1 aromatic carbocycles. The highest BCUT2D eigenvalue weighted by atomic mass is 32.2. The van der Waals surface area contributed by atoms with Gasteiger partial charge in [-0.05, 0) is 90.6 Å². The number of sulfone groups is 1. The second kappa shape index (κ2) is 28.0. The number of pyridine rings is 1. The number of carbonyl (C=O) groups is 1. The molecule has 79 heavy (non-hydrogen) atoms. The normalized spacial score (nSPS) is 36.7. The maximum absolute atomic E-state index is 14.6. The van der Waals surface area contributed by atoms with E-state index >= 15 is 0 Å². The molecule has 3 fully saturated rings. The topological polar surface area (TPSA) is 268 Å². The summed E-state index contributed by atoms with van der Waals surface area (Å²) in [5.74, 6) is -4.14. The fourth-order valence-electron chi connectivity index (χ4n) is 12.2. The summed E-state index contributed by atoms with van der Waals surface area (Å²) in [6.07, 6.45) is -4.11. The summed E-state index contributed by atoms with van der Waals surface area (Å²) in [7, 11) is 3.01. The van der Waals surface area contributed by atoms with E-state index in [2.05, 4.69) is 15.5 Å². The highest BCUT2D eigenvalue weighted by Crippen LogP contribution is 2.46. The summed E-state index contributed by atoms with van der Waals surface area (Å²) in [5, 5.41) is 54.0. The average Bonchev–Trinajstić information content (AvgIpc) is 3.47. The minimum Gasteiger partial charge on any atom is -0.389 e. The fraction of sp³-hybridized carbons (Fsp3) is 0.754. The third-order valence-corrected chi connectivity index (χ3v) is 18.1. The van der Waals surface area contributed by atoms with Crippen LogP contribution in [0.3, 0.4) is 0 Å². The number of hydrogen-bond donors (Lipinski definition) is 5. The lowest BCUT2D eigenvalue weighted by molar-refractivity contribution is -0.277. The van der Waals surface area contributed by atoms with Crippen LogP contribution in [0.4, 0.5) is 4.39 Å². The number of halogens is 1. The third-order valence-electron chi connectivity index (χ3n) is 17.1. The van der Waals surface area contributed by atoms with Crippen LogP contribution in [-0.2, 0) is 52.6 Å². The number of esters is 1. The lowest BCUT2D eigenvalue weighted by atomic mass is 9.67. The molecule has 448 valence electrons. The van der Waals surface area contributed by atoms with E-state index in [-0.39, 0.29) is 56.2 Å². The van der Waals surface area contributed by atoms with Crippen molar-refractivity contribution in [2.45, 2.75) is 197 Å². The van der Waals surface area contributed by atoms with Crippen LogP contribution in [-0.4, -0.2) is 194 Å². The van der Waals surface area contributed by atoms with Crippen LogP contribution >= 0.6 is 0 Å². The van der Waals surface area contributed by atoms with E-state index in [0.717, 1.165) is 6.26 Å². The van der Waals surface area contributed by atoms with E-state index in [1.54, 1.807) is 65.3 Å². The number of nitrogens with one attached hydrogen (secondary N) is 1. The fourth-order valence-corrected chi connectivity index (χ4v) is 12.7. The molecule has 0 aliphatic carbocycles. The number of alkyl halides is 1. The Morgan fingerprint density at radius 3 is 2.16 bits per heavy atom. The third kappa shape index (κ3) is 15.9. The van der Waals surface area contributed by atoms with Gasteiger partial charge >= 0.3 is 5.97 Å². The summed E-state index contributed by atoms with van der Waals surface area (Å²) in [4.78, 5) is 37.4. The van der Waals surface area contributed by atoms with Crippen LogP contribution in [0.1, 0.15) is 119 Å². The van der Waals surface area contributed by atoms with Gasteiger partial charge in [-0.25, -0.2) is 17.8 Å². The molecule has 2 aromatic rings. The molecule has 3 saturated heterocycles. The van der Waals surface area contributed by atoms with E-state index in [0.29, 0.717) is 35.2 Å². The number of rotatable bonds is 19. The first-order chi connectivity index (χ1) is 37.0. The van der Waals surface area contributed by atoms with E-state index in [1.807, 2.05) is 53.5 Å². The zero-order valence-electron chi connectivity index (χ0n) is 49.0. The van der Waals surface area contributed by atoms with Gasteiger partial charge in [-0.15, -0.1) is 0 Å². The van der Waals surface area contributed by atoms with Crippen molar-refractivity contribution in [3.8, 4) is 11.1 Å². The molecule has 0 spiro atoms. The quantitative estimate of drug-likeness (QED) is 0.0380. The number of hydrogen-bond acceptors (Lipinski definition) is 18. The van der Waals surface area contributed by atoms with Crippen LogP contribution < -0.4 is 5.32 Å². The van der Waals surface area contributed by atoms with E-state index in [1.165, 1.54) is 26.3 Å². The number of amides is 1. The van der Waals surface area contributed by atoms with Gasteiger partial charge in [0.05, 0.1) is 53.5 Å². The van der Waals surface area contributed by atoms with E-state index in [9.17, 15) is 42.8 Å².